The van der Waals surface area contributed by atoms with Crippen LogP contribution in [0.5, 0.6) is 0 Å². The molecule has 0 aromatic heterocycles. The summed E-state index contributed by atoms with van der Waals surface area (Å²) in [5, 5.41) is 3.15. The van der Waals surface area contributed by atoms with Crippen LogP contribution in [0.4, 0.5) is 5.69 Å². The molecule has 0 spiro atoms. The highest BCUT2D eigenvalue weighted by atomic mass is 16.5. The first-order chi connectivity index (χ1) is 12.1. The fourth-order valence-corrected chi connectivity index (χ4v) is 3.02. The lowest BCUT2D eigenvalue weighted by atomic mass is 9.87. The van der Waals surface area contributed by atoms with Crippen LogP contribution < -0.4 is 10.2 Å². The van der Waals surface area contributed by atoms with Crippen molar-refractivity contribution in [1.82, 2.24) is 5.32 Å². The lowest BCUT2D eigenvalue weighted by Crippen LogP contribution is -2.64. The fraction of sp³-hybridized carbons (Fsp3) is 0.200. The summed E-state index contributed by atoms with van der Waals surface area (Å²) in [6, 6.07) is 18.9. The highest BCUT2D eigenvalue weighted by Crippen LogP contribution is 2.39. The fourth-order valence-electron chi connectivity index (χ4n) is 3.02. The molecule has 1 N–H and O–H groups in total. The summed E-state index contributed by atoms with van der Waals surface area (Å²) < 4.78 is 4.63. The molecule has 0 bridgehead atoms. The molecule has 3 rings (SSSR count). The predicted octanol–water partition coefficient (Wildman–Crippen LogP) is 2.81. The minimum atomic E-state index is -0.451. The van der Waals surface area contributed by atoms with Crippen molar-refractivity contribution in [3.63, 3.8) is 0 Å². The number of carbonyl (C=O) groups excluding carboxylic acids is 2. The van der Waals surface area contributed by atoms with E-state index in [0.29, 0.717) is 5.70 Å². The maximum Gasteiger partial charge on any atom is 0.332 e. The summed E-state index contributed by atoms with van der Waals surface area (Å²) in [4.78, 5) is 25.9. The highest BCUT2D eigenvalue weighted by molar-refractivity contribution is 6.06. The molecule has 1 amide bonds. The number of amides is 1. The Morgan fingerprint density at radius 3 is 2.28 bits per heavy atom. The molecule has 2 aromatic carbocycles. The molecule has 2 unspecified atom stereocenters. The number of β-lactam (4-membered cyclic amide) rings is 1. The Morgan fingerprint density at radius 2 is 1.68 bits per heavy atom. The van der Waals surface area contributed by atoms with E-state index in [1.807, 2.05) is 60.7 Å². The van der Waals surface area contributed by atoms with Gasteiger partial charge >= 0.3 is 5.97 Å². The quantitative estimate of drug-likeness (QED) is 0.518. The second-order valence-electron chi connectivity index (χ2n) is 5.87. The molecule has 0 aliphatic carbocycles. The molecule has 5 nitrogen and oxygen atoms in total. The predicted molar refractivity (Wildman–Crippen MR) is 95.8 cm³/mol. The number of benzene rings is 2. The van der Waals surface area contributed by atoms with E-state index >= 15 is 0 Å². The van der Waals surface area contributed by atoms with Gasteiger partial charge in [-0.1, -0.05) is 48.5 Å². The van der Waals surface area contributed by atoms with E-state index in [1.165, 1.54) is 13.2 Å². The number of nitrogens with one attached hydrogen (secondary N) is 1. The van der Waals surface area contributed by atoms with Crippen LogP contribution in [0, 0.1) is 0 Å². The number of rotatable bonds is 5. The van der Waals surface area contributed by atoms with Crippen molar-refractivity contribution in [2.24, 2.45) is 0 Å². The monoisotopic (exact) mass is 336 g/mol. The van der Waals surface area contributed by atoms with Gasteiger partial charge in [-0.2, -0.15) is 0 Å². The first kappa shape index (κ1) is 16.8. The van der Waals surface area contributed by atoms with Crippen molar-refractivity contribution in [1.29, 1.82) is 0 Å². The molecule has 1 aliphatic heterocycles. The molecule has 0 radical (unpaired) electrons. The maximum absolute atomic E-state index is 12.8. The molecule has 5 heteroatoms. The lowest BCUT2D eigenvalue weighted by Gasteiger charge is -2.48. The van der Waals surface area contributed by atoms with Gasteiger partial charge in [0.15, 0.2) is 0 Å². The topological polar surface area (TPSA) is 58.6 Å². The van der Waals surface area contributed by atoms with Crippen molar-refractivity contribution < 1.29 is 14.3 Å². The molecular formula is C20H20N2O3. The van der Waals surface area contributed by atoms with Gasteiger partial charge in [-0.3, -0.25) is 4.79 Å². The number of carbonyl (C=O) groups is 2. The van der Waals surface area contributed by atoms with Crippen LogP contribution in [0.2, 0.25) is 0 Å². The Balaban J connectivity index is 1.89. The SMILES string of the molecule is COC(=O)C=C(C)NC1C(=O)N(c2ccccc2)C1c1ccccc1. The summed E-state index contributed by atoms with van der Waals surface area (Å²) in [7, 11) is 1.32. The zero-order valence-corrected chi connectivity index (χ0v) is 14.2. The maximum atomic E-state index is 12.8. The zero-order chi connectivity index (χ0) is 17.8. The second kappa shape index (κ2) is 7.21. The molecular weight excluding hydrogens is 316 g/mol. The van der Waals surface area contributed by atoms with E-state index in [-0.39, 0.29) is 11.9 Å². The Morgan fingerprint density at radius 1 is 1.08 bits per heavy atom. The summed E-state index contributed by atoms with van der Waals surface area (Å²) in [6.07, 6.45) is 1.35. The molecule has 2 aromatic rings. The van der Waals surface area contributed by atoms with Gasteiger partial charge in [-0.05, 0) is 24.6 Å². The smallest absolute Gasteiger partial charge is 0.332 e. The Bertz CT molecular complexity index is 787. The first-order valence-electron chi connectivity index (χ1n) is 8.07. The average Bonchev–Trinajstić information content (AvgIpc) is 2.65. The Labute approximate surface area is 146 Å². The van der Waals surface area contributed by atoms with Crippen molar-refractivity contribution >= 4 is 17.6 Å². The second-order valence-corrected chi connectivity index (χ2v) is 5.87. The van der Waals surface area contributed by atoms with E-state index in [4.69, 9.17) is 0 Å². The molecule has 2 atom stereocenters. The summed E-state index contributed by atoms with van der Waals surface area (Å²) in [6.45, 7) is 1.75. The molecule has 0 saturated carbocycles. The average molecular weight is 336 g/mol. The molecule has 1 fully saturated rings. The zero-order valence-electron chi connectivity index (χ0n) is 14.2. The standard InChI is InChI=1S/C20H20N2O3/c1-14(13-17(23)25-2)21-18-19(15-9-5-3-6-10-15)22(20(18)24)16-11-7-4-8-12-16/h3-13,18-19,21H,1-2H3. The number of allylic oxidation sites excluding steroid dienone is 1. The van der Waals surface area contributed by atoms with E-state index < -0.39 is 12.0 Å². The van der Waals surface area contributed by atoms with Crippen molar-refractivity contribution in [3.05, 3.63) is 78.0 Å². The largest absolute Gasteiger partial charge is 0.466 e. The Hall–Kier alpha value is -3.08. The van der Waals surface area contributed by atoms with Gasteiger partial charge in [-0.15, -0.1) is 0 Å². The number of para-hydroxylation sites is 1. The third-order valence-corrected chi connectivity index (χ3v) is 4.19. The van der Waals surface area contributed by atoms with Crippen molar-refractivity contribution in [2.45, 2.75) is 19.0 Å². The van der Waals surface area contributed by atoms with Gasteiger partial charge in [-0.25, -0.2) is 4.79 Å². The molecule has 128 valence electrons. The van der Waals surface area contributed by atoms with Gasteiger partial charge in [0.05, 0.1) is 13.2 Å². The van der Waals surface area contributed by atoms with E-state index in [9.17, 15) is 9.59 Å². The lowest BCUT2D eigenvalue weighted by molar-refractivity contribution is -0.135. The number of hydrogen-bond donors (Lipinski definition) is 1. The number of hydrogen-bond acceptors (Lipinski definition) is 4. The number of nitrogens with zero attached hydrogens (tertiary/aromatic N) is 1. The molecule has 25 heavy (non-hydrogen) atoms. The van der Waals surface area contributed by atoms with E-state index in [0.717, 1.165) is 11.3 Å². The van der Waals surface area contributed by atoms with E-state index in [1.54, 1.807) is 11.8 Å². The van der Waals surface area contributed by atoms with E-state index in [2.05, 4.69) is 10.1 Å². The van der Waals surface area contributed by atoms with Gasteiger partial charge in [0.25, 0.3) is 5.91 Å². The molecule has 1 heterocycles. The van der Waals surface area contributed by atoms with Crippen molar-refractivity contribution in [2.75, 3.05) is 12.0 Å². The van der Waals surface area contributed by atoms with Crippen LogP contribution in [0.3, 0.4) is 0 Å². The van der Waals surface area contributed by atoms with Crippen LogP contribution in [-0.4, -0.2) is 25.0 Å². The number of esters is 1. The summed E-state index contributed by atoms with van der Waals surface area (Å²) in [5.74, 6) is -0.481. The van der Waals surface area contributed by atoms with Gasteiger partial charge in [0, 0.05) is 17.5 Å². The van der Waals surface area contributed by atoms with Crippen molar-refractivity contribution in [3.8, 4) is 0 Å². The summed E-state index contributed by atoms with van der Waals surface area (Å²) in [5.41, 5.74) is 2.49. The van der Waals surface area contributed by atoms with Gasteiger partial charge in [0.2, 0.25) is 0 Å². The van der Waals surface area contributed by atoms with Gasteiger partial charge in [0.1, 0.15) is 6.04 Å². The number of ether oxygens (including phenoxy) is 1. The number of anilines is 1. The third-order valence-electron chi connectivity index (χ3n) is 4.19. The Kier molecular flexibility index (Phi) is 4.84. The third kappa shape index (κ3) is 3.40. The number of methoxy groups -OCH3 is 1. The minimum Gasteiger partial charge on any atom is -0.466 e. The minimum absolute atomic E-state index is 0.0299. The normalized spacial score (nSPS) is 20.0. The molecule has 1 saturated heterocycles. The van der Waals surface area contributed by atoms with Crippen LogP contribution in [0.25, 0.3) is 0 Å². The van der Waals surface area contributed by atoms with Gasteiger partial charge < -0.3 is 15.0 Å². The van der Waals surface area contributed by atoms with Crippen LogP contribution in [-0.2, 0) is 14.3 Å². The summed E-state index contributed by atoms with van der Waals surface area (Å²) >= 11 is 0. The van der Waals surface area contributed by atoms with Crippen LogP contribution in [0.1, 0.15) is 18.5 Å². The van der Waals surface area contributed by atoms with Crippen LogP contribution in [0.15, 0.2) is 72.4 Å². The van der Waals surface area contributed by atoms with Crippen LogP contribution >= 0.6 is 0 Å². The molecule has 1 aliphatic rings. The first-order valence-corrected chi connectivity index (χ1v) is 8.07. The highest BCUT2D eigenvalue weighted by Gasteiger charge is 2.48.